The second kappa shape index (κ2) is 10.3. The fourth-order valence-electron chi connectivity index (χ4n) is 4.20. The lowest BCUT2D eigenvalue weighted by atomic mass is 9.54. The number of likely N-dealkylation sites (tertiary alicyclic amines) is 1. The van der Waals surface area contributed by atoms with E-state index in [1.807, 2.05) is 38.7 Å². The average Bonchev–Trinajstić information content (AvgIpc) is 2.69. The predicted octanol–water partition coefficient (Wildman–Crippen LogP) is 2.94. The molecule has 2 aliphatic rings. The summed E-state index contributed by atoms with van der Waals surface area (Å²) in [5.41, 5.74) is 6.28. The van der Waals surface area contributed by atoms with Gasteiger partial charge in [0.25, 0.3) is 0 Å². The number of hydrogen-bond acceptors (Lipinski definition) is 5. The Balaban J connectivity index is 0.00000225. The van der Waals surface area contributed by atoms with Gasteiger partial charge in [0.15, 0.2) is 0 Å². The lowest BCUT2D eigenvalue weighted by Crippen LogP contribution is -2.76. The summed E-state index contributed by atoms with van der Waals surface area (Å²) < 4.78 is 5.73. The maximum atomic E-state index is 13.1. The highest BCUT2D eigenvalue weighted by Gasteiger charge is 2.63. The summed E-state index contributed by atoms with van der Waals surface area (Å²) in [6, 6.07) is 3.72. The van der Waals surface area contributed by atoms with E-state index in [0.717, 1.165) is 5.56 Å². The SMILES string of the molecule is CCOC1CC(N)(C(=O)N2CCC(C(=O)Nc3ccc(C)cn3)CC2)C1(C)C.Cl.Cl. The zero-order valence-corrected chi connectivity index (χ0v) is 19.8. The first-order chi connectivity index (χ1) is 13.2. The summed E-state index contributed by atoms with van der Waals surface area (Å²) in [5, 5.41) is 2.87. The third-order valence-electron chi connectivity index (χ3n) is 6.53. The van der Waals surface area contributed by atoms with Crippen LogP contribution in [0.5, 0.6) is 0 Å². The maximum absolute atomic E-state index is 13.1. The van der Waals surface area contributed by atoms with E-state index in [-0.39, 0.29) is 48.7 Å². The Labute approximate surface area is 191 Å². The summed E-state index contributed by atoms with van der Waals surface area (Å²) in [6.07, 6.45) is 3.56. The Kier molecular flexibility index (Phi) is 9.11. The minimum absolute atomic E-state index is 0. The quantitative estimate of drug-likeness (QED) is 0.703. The number of amides is 2. The van der Waals surface area contributed by atoms with Gasteiger partial charge < -0.3 is 20.7 Å². The Morgan fingerprint density at radius 1 is 1.27 bits per heavy atom. The van der Waals surface area contributed by atoms with Crippen molar-refractivity contribution in [3.8, 4) is 0 Å². The highest BCUT2D eigenvalue weighted by Crippen LogP contribution is 2.50. The van der Waals surface area contributed by atoms with Crippen molar-refractivity contribution >= 4 is 42.4 Å². The van der Waals surface area contributed by atoms with Crippen molar-refractivity contribution in [2.24, 2.45) is 17.1 Å². The molecular weight excluding hydrogens is 427 g/mol. The van der Waals surface area contributed by atoms with Crippen LogP contribution in [0.4, 0.5) is 5.82 Å². The van der Waals surface area contributed by atoms with E-state index in [4.69, 9.17) is 10.5 Å². The normalized spacial score (nSPS) is 25.4. The van der Waals surface area contributed by atoms with Crippen LogP contribution < -0.4 is 11.1 Å². The van der Waals surface area contributed by atoms with Gasteiger partial charge in [-0.25, -0.2) is 4.98 Å². The number of nitrogens with zero attached hydrogens (tertiary/aromatic N) is 2. The van der Waals surface area contributed by atoms with Crippen LogP contribution in [0, 0.1) is 18.3 Å². The molecule has 2 amide bonds. The van der Waals surface area contributed by atoms with Crippen molar-refractivity contribution in [2.45, 2.75) is 58.6 Å². The molecule has 1 saturated carbocycles. The van der Waals surface area contributed by atoms with Crippen LogP contribution in [0.3, 0.4) is 0 Å². The molecule has 2 unspecified atom stereocenters. The molecule has 2 atom stereocenters. The van der Waals surface area contributed by atoms with Crippen LogP contribution in [0.1, 0.15) is 45.6 Å². The monoisotopic (exact) mass is 460 g/mol. The molecule has 2 heterocycles. The van der Waals surface area contributed by atoms with E-state index < -0.39 is 11.0 Å². The van der Waals surface area contributed by atoms with Gasteiger partial charge in [0, 0.05) is 43.6 Å². The number of nitrogens with two attached hydrogens (primary N) is 1. The lowest BCUT2D eigenvalue weighted by Gasteiger charge is -2.59. The van der Waals surface area contributed by atoms with Crippen LogP contribution in [0.2, 0.25) is 0 Å². The number of aromatic nitrogens is 1. The van der Waals surface area contributed by atoms with E-state index in [1.165, 1.54) is 0 Å². The molecule has 0 aromatic carbocycles. The summed E-state index contributed by atoms with van der Waals surface area (Å²) in [6.45, 7) is 9.63. The molecule has 0 bridgehead atoms. The molecule has 9 heteroatoms. The van der Waals surface area contributed by atoms with Gasteiger partial charge in [-0.05, 0) is 38.3 Å². The molecule has 170 valence electrons. The highest BCUT2D eigenvalue weighted by molar-refractivity contribution is 5.92. The van der Waals surface area contributed by atoms with Gasteiger partial charge in [-0.3, -0.25) is 9.59 Å². The minimum Gasteiger partial charge on any atom is -0.378 e. The number of anilines is 1. The number of hydrogen-bond donors (Lipinski definition) is 2. The van der Waals surface area contributed by atoms with E-state index in [1.54, 1.807) is 12.3 Å². The summed E-state index contributed by atoms with van der Waals surface area (Å²) in [4.78, 5) is 31.7. The third kappa shape index (κ3) is 4.90. The molecule has 3 rings (SSSR count). The zero-order chi connectivity index (χ0) is 20.5. The standard InChI is InChI=1S/C21H32N4O3.2ClH/c1-5-28-16-12-21(22,20(16,3)4)19(27)25-10-8-15(9-11-25)18(26)24-17-7-6-14(2)13-23-17;;/h6-7,13,15-16H,5,8-12,22H2,1-4H3,(H,23,24,26);2*1H. The second-order valence-electron chi connectivity index (χ2n) is 8.62. The van der Waals surface area contributed by atoms with E-state index >= 15 is 0 Å². The number of aryl methyl sites for hydroxylation is 1. The van der Waals surface area contributed by atoms with Gasteiger partial charge in [0.1, 0.15) is 11.4 Å². The van der Waals surface area contributed by atoms with Crippen LogP contribution >= 0.6 is 24.8 Å². The third-order valence-corrected chi connectivity index (χ3v) is 6.53. The topological polar surface area (TPSA) is 97.5 Å². The number of nitrogens with one attached hydrogen (secondary N) is 1. The molecule has 1 aliphatic carbocycles. The van der Waals surface area contributed by atoms with Gasteiger partial charge in [-0.1, -0.05) is 19.9 Å². The van der Waals surface area contributed by atoms with Crippen molar-refractivity contribution in [2.75, 3.05) is 25.0 Å². The van der Waals surface area contributed by atoms with Crippen molar-refractivity contribution in [3.05, 3.63) is 23.9 Å². The molecule has 7 nitrogen and oxygen atoms in total. The van der Waals surface area contributed by atoms with E-state index in [9.17, 15) is 9.59 Å². The summed E-state index contributed by atoms with van der Waals surface area (Å²) >= 11 is 0. The second-order valence-corrected chi connectivity index (χ2v) is 8.62. The average molecular weight is 461 g/mol. The maximum Gasteiger partial charge on any atom is 0.243 e. The fraction of sp³-hybridized carbons (Fsp3) is 0.667. The molecule has 3 N–H and O–H groups in total. The molecule has 0 spiro atoms. The number of carbonyl (C=O) groups excluding carboxylic acids is 2. The van der Waals surface area contributed by atoms with Gasteiger partial charge in [0.05, 0.1) is 6.10 Å². The van der Waals surface area contributed by atoms with Gasteiger partial charge in [-0.15, -0.1) is 24.8 Å². The zero-order valence-electron chi connectivity index (χ0n) is 18.1. The van der Waals surface area contributed by atoms with Crippen molar-refractivity contribution in [3.63, 3.8) is 0 Å². The number of carbonyl (C=O) groups is 2. The number of pyridine rings is 1. The Morgan fingerprint density at radius 2 is 1.90 bits per heavy atom. The van der Waals surface area contributed by atoms with Crippen molar-refractivity contribution in [1.82, 2.24) is 9.88 Å². The number of piperidine rings is 1. The number of rotatable bonds is 5. The first kappa shape index (κ1) is 26.6. The Hall–Kier alpha value is -1.41. The number of ether oxygens (including phenoxy) is 1. The first-order valence-corrected chi connectivity index (χ1v) is 10.1. The first-order valence-electron chi connectivity index (χ1n) is 10.1. The smallest absolute Gasteiger partial charge is 0.243 e. The number of halogens is 2. The van der Waals surface area contributed by atoms with Gasteiger partial charge >= 0.3 is 0 Å². The van der Waals surface area contributed by atoms with Gasteiger partial charge in [0.2, 0.25) is 11.8 Å². The Morgan fingerprint density at radius 3 is 2.40 bits per heavy atom. The highest BCUT2D eigenvalue weighted by atomic mass is 35.5. The van der Waals surface area contributed by atoms with Gasteiger partial charge in [-0.2, -0.15) is 0 Å². The fourth-order valence-corrected chi connectivity index (χ4v) is 4.20. The van der Waals surface area contributed by atoms with Crippen molar-refractivity contribution in [1.29, 1.82) is 0 Å². The molecular formula is C21H34Cl2N4O3. The summed E-state index contributed by atoms with van der Waals surface area (Å²) in [5.74, 6) is 0.387. The molecule has 0 radical (unpaired) electrons. The predicted molar refractivity (Wildman–Crippen MR) is 122 cm³/mol. The molecule has 1 saturated heterocycles. The molecule has 30 heavy (non-hydrogen) atoms. The van der Waals surface area contributed by atoms with Crippen molar-refractivity contribution < 1.29 is 14.3 Å². The van der Waals surface area contributed by atoms with E-state index in [0.29, 0.717) is 44.8 Å². The van der Waals surface area contributed by atoms with Crippen LogP contribution in [-0.2, 0) is 14.3 Å². The minimum atomic E-state index is -0.895. The van der Waals surface area contributed by atoms with Crippen LogP contribution in [0.25, 0.3) is 0 Å². The molecule has 2 fully saturated rings. The van der Waals surface area contributed by atoms with E-state index in [2.05, 4.69) is 10.3 Å². The van der Waals surface area contributed by atoms with Crippen LogP contribution in [-0.4, -0.2) is 53.0 Å². The lowest BCUT2D eigenvalue weighted by molar-refractivity contribution is -0.180. The molecule has 1 aliphatic heterocycles. The van der Waals surface area contributed by atoms with Crippen LogP contribution in [0.15, 0.2) is 18.3 Å². The molecule has 1 aromatic heterocycles. The largest absolute Gasteiger partial charge is 0.378 e. The molecule has 1 aromatic rings. The Bertz CT molecular complexity index is 736. The summed E-state index contributed by atoms with van der Waals surface area (Å²) in [7, 11) is 0.